The number of aromatic nitrogens is 3. The molecule has 11 nitrogen and oxygen atoms in total. The number of nitrogens with one attached hydrogen (secondary N) is 2. The molecule has 3 aromatic carbocycles. The average Bonchev–Trinajstić information content (AvgIpc) is 3.47. The van der Waals surface area contributed by atoms with E-state index >= 15 is 0 Å². The van der Waals surface area contributed by atoms with Crippen molar-refractivity contribution in [2.24, 2.45) is 0 Å². The van der Waals surface area contributed by atoms with Crippen molar-refractivity contribution in [1.82, 2.24) is 24.4 Å². The minimum atomic E-state index is -3.60. The number of halogens is 1. The highest BCUT2D eigenvalue weighted by atomic mass is 35.5. The number of carbonyl (C=O) groups excluding carboxylic acids is 2. The van der Waals surface area contributed by atoms with Crippen molar-refractivity contribution >= 4 is 50.9 Å². The lowest BCUT2D eigenvalue weighted by molar-refractivity contribution is -0.113. The van der Waals surface area contributed by atoms with Crippen LogP contribution in [-0.2, 0) is 21.4 Å². The lowest BCUT2D eigenvalue weighted by Gasteiger charge is -2.25. The molecule has 2 heterocycles. The first-order valence-corrected chi connectivity index (χ1v) is 17.3. The quantitative estimate of drug-likeness (QED) is 0.198. The largest absolute Gasteiger partial charge is 0.494 e. The van der Waals surface area contributed by atoms with Crippen molar-refractivity contribution in [1.29, 1.82) is 0 Å². The smallest absolute Gasteiger partial charge is 0.251 e. The first-order valence-electron chi connectivity index (χ1n) is 14.5. The highest BCUT2D eigenvalue weighted by molar-refractivity contribution is 7.99. The number of ether oxygens (including phenoxy) is 1. The van der Waals surface area contributed by atoms with Gasteiger partial charge in [0.1, 0.15) is 5.75 Å². The Morgan fingerprint density at radius 1 is 0.978 bits per heavy atom. The molecule has 236 valence electrons. The van der Waals surface area contributed by atoms with Crippen LogP contribution in [0.4, 0.5) is 5.69 Å². The van der Waals surface area contributed by atoms with Crippen LogP contribution in [0.25, 0.3) is 5.69 Å². The topological polar surface area (TPSA) is 136 Å². The Labute approximate surface area is 271 Å². The summed E-state index contributed by atoms with van der Waals surface area (Å²) in [5, 5.41) is 15.2. The number of nitrogens with zero attached hydrogens (tertiary/aromatic N) is 4. The summed E-state index contributed by atoms with van der Waals surface area (Å²) >= 11 is 7.46. The summed E-state index contributed by atoms with van der Waals surface area (Å²) in [6.07, 6.45) is 2.71. The molecule has 0 bridgehead atoms. The molecule has 4 aromatic rings. The molecule has 0 radical (unpaired) electrons. The fourth-order valence-corrected chi connectivity index (χ4v) is 7.28. The zero-order valence-electron chi connectivity index (χ0n) is 24.6. The molecule has 45 heavy (non-hydrogen) atoms. The van der Waals surface area contributed by atoms with Gasteiger partial charge in [0.05, 0.1) is 29.5 Å². The van der Waals surface area contributed by atoms with E-state index in [-0.39, 0.29) is 23.1 Å². The molecule has 1 fully saturated rings. The van der Waals surface area contributed by atoms with Gasteiger partial charge in [-0.3, -0.25) is 14.2 Å². The molecule has 0 atom stereocenters. The van der Waals surface area contributed by atoms with E-state index in [1.54, 1.807) is 47.0 Å². The second-order valence-corrected chi connectivity index (χ2v) is 13.5. The van der Waals surface area contributed by atoms with E-state index in [0.29, 0.717) is 52.6 Å². The van der Waals surface area contributed by atoms with Crippen molar-refractivity contribution in [2.45, 2.75) is 42.8 Å². The number of rotatable bonds is 12. The number of hydrogen-bond donors (Lipinski definition) is 2. The molecule has 2 amide bonds. The van der Waals surface area contributed by atoms with Gasteiger partial charge in [0.2, 0.25) is 15.9 Å². The Balaban J connectivity index is 1.25. The van der Waals surface area contributed by atoms with E-state index in [2.05, 4.69) is 20.8 Å². The Morgan fingerprint density at radius 2 is 1.71 bits per heavy atom. The highest BCUT2D eigenvalue weighted by Gasteiger charge is 2.26. The van der Waals surface area contributed by atoms with Crippen molar-refractivity contribution in [3.63, 3.8) is 0 Å². The number of anilines is 1. The molecule has 1 aliphatic heterocycles. The van der Waals surface area contributed by atoms with Gasteiger partial charge < -0.3 is 15.4 Å². The summed E-state index contributed by atoms with van der Waals surface area (Å²) in [5.41, 5.74) is 1.61. The van der Waals surface area contributed by atoms with Gasteiger partial charge in [-0.05, 0) is 86.5 Å². The SMILES string of the molecule is CCOc1ccc(NC(=O)CSc2nnc(CNC(=O)c3ccc(S(=O)(=O)N4CCCCC4)cc3)n2-c2cccc(Cl)c2)cc1. The molecule has 0 spiro atoms. The predicted molar refractivity (Wildman–Crippen MR) is 174 cm³/mol. The van der Waals surface area contributed by atoms with E-state index in [1.807, 2.05) is 13.0 Å². The summed E-state index contributed by atoms with van der Waals surface area (Å²) in [6.45, 7) is 3.49. The average molecular weight is 669 g/mol. The second kappa shape index (κ2) is 14.9. The summed E-state index contributed by atoms with van der Waals surface area (Å²) in [4.78, 5) is 25.9. The van der Waals surface area contributed by atoms with Gasteiger partial charge in [-0.1, -0.05) is 35.9 Å². The van der Waals surface area contributed by atoms with Gasteiger partial charge in [-0.25, -0.2) is 8.42 Å². The van der Waals surface area contributed by atoms with Crippen LogP contribution in [0.3, 0.4) is 0 Å². The number of piperidine rings is 1. The van der Waals surface area contributed by atoms with Crippen molar-refractivity contribution < 1.29 is 22.7 Å². The van der Waals surface area contributed by atoms with Crippen LogP contribution in [-0.4, -0.2) is 64.8 Å². The number of amides is 2. The molecular weight excluding hydrogens is 636 g/mol. The normalized spacial score (nSPS) is 13.7. The van der Waals surface area contributed by atoms with Crippen LogP contribution < -0.4 is 15.4 Å². The predicted octanol–water partition coefficient (Wildman–Crippen LogP) is 5.15. The fourth-order valence-electron chi connectivity index (χ4n) is 4.81. The van der Waals surface area contributed by atoms with Gasteiger partial charge in [-0.15, -0.1) is 10.2 Å². The number of hydrogen-bond acceptors (Lipinski definition) is 8. The van der Waals surface area contributed by atoms with Crippen molar-refractivity contribution in [2.75, 3.05) is 30.8 Å². The Bertz CT molecular complexity index is 1740. The van der Waals surface area contributed by atoms with E-state index in [4.69, 9.17) is 16.3 Å². The van der Waals surface area contributed by atoms with Crippen molar-refractivity contribution in [3.8, 4) is 11.4 Å². The van der Waals surface area contributed by atoms with E-state index in [0.717, 1.165) is 25.0 Å². The molecule has 2 N–H and O–H groups in total. The number of sulfonamides is 1. The maximum Gasteiger partial charge on any atom is 0.251 e. The van der Waals surface area contributed by atoms with E-state index in [1.165, 1.54) is 40.3 Å². The van der Waals surface area contributed by atoms with Gasteiger partial charge in [0, 0.05) is 29.4 Å². The third-order valence-electron chi connectivity index (χ3n) is 7.02. The molecule has 0 saturated carbocycles. The van der Waals surface area contributed by atoms with Crippen LogP contribution in [0.15, 0.2) is 82.8 Å². The minimum absolute atomic E-state index is 0.0190. The maximum absolute atomic E-state index is 13.0. The third-order valence-corrected chi connectivity index (χ3v) is 10.1. The summed E-state index contributed by atoms with van der Waals surface area (Å²) in [6, 6.07) is 20.1. The molecule has 14 heteroatoms. The fraction of sp³-hybridized carbons (Fsp3) is 0.290. The van der Waals surface area contributed by atoms with Gasteiger partial charge >= 0.3 is 0 Å². The standard InChI is InChI=1S/C31H33ClN6O5S2/c1-2-43-26-13-11-24(12-14-26)34-29(39)21-44-31-36-35-28(38(31)25-8-6-7-23(32)19-25)20-33-30(40)22-9-15-27(16-10-22)45(41,42)37-17-4-3-5-18-37/h6-16,19H,2-5,17-18,20-21H2,1H3,(H,33,40)(H,34,39). The number of thioether (sulfide) groups is 1. The van der Waals surface area contributed by atoms with Gasteiger partial charge in [0.15, 0.2) is 11.0 Å². The molecule has 5 rings (SSSR count). The molecule has 1 aliphatic rings. The van der Waals surface area contributed by atoms with E-state index < -0.39 is 15.9 Å². The van der Waals surface area contributed by atoms with Crippen LogP contribution in [0.1, 0.15) is 42.4 Å². The number of carbonyl (C=O) groups is 2. The van der Waals surface area contributed by atoms with Crippen LogP contribution in [0.2, 0.25) is 5.02 Å². The van der Waals surface area contributed by atoms with Crippen molar-refractivity contribution in [3.05, 3.63) is 89.2 Å². The maximum atomic E-state index is 13.0. The van der Waals surface area contributed by atoms with Crippen LogP contribution in [0.5, 0.6) is 5.75 Å². The van der Waals surface area contributed by atoms with E-state index in [9.17, 15) is 18.0 Å². The highest BCUT2D eigenvalue weighted by Crippen LogP contribution is 2.25. The molecule has 0 unspecified atom stereocenters. The zero-order chi connectivity index (χ0) is 31.8. The molecule has 1 saturated heterocycles. The first kappa shape index (κ1) is 32.5. The van der Waals surface area contributed by atoms with Crippen LogP contribution >= 0.6 is 23.4 Å². The van der Waals surface area contributed by atoms with Gasteiger partial charge in [0.25, 0.3) is 5.91 Å². The Morgan fingerprint density at radius 3 is 2.40 bits per heavy atom. The monoisotopic (exact) mass is 668 g/mol. The first-order chi connectivity index (χ1) is 21.7. The number of benzene rings is 3. The molecular formula is C31H33ClN6O5S2. The third kappa shape index (κ3) is 8.23. The lowest BCUT2D eigenvalue weighted by atomic mass is 10.2. The molecule has 1 aromatic heterocycles. The van der Waals surface area contributed by atoms with Gasteiger partial charge in [-0.2, -0.15) is 4.31 Å². The zero-order valence-corrected chi connectivity index (χ0v) is 27.0. The summed E-state index contributed by atoms with van der Waals surface area (Å²) in [7, 11) is -3.60. The van der Waals surface area contributed by atoms with Crippen LogP contribution in [0, 0.1) is 0 Å². The lowest BCUT2D eigenvalue weighted by Crippen LogP contribution is -2.35. The molecule has 0 aliphatic carbocycles. The summed E-state index contributed by atoms with van der Waals surface area (Å²) < 4.78 is 34.6. The summed E-state index contributed by atoms with van der Waals surface area (Å²) in [5.74, 6) is 0.568. The second-order valence-electron chi connectivity index (χ2n) is 10.2. The Kier molecular flexibility index (Phi) is 10.8. The Hall–Kier alpha value is -3.91. The minimum Gasteiger partial charge on any atom is -0.494 e.